The van der Waals surface area contributed by atoms with Gasteiger partial charge in [0.05, 0.1) is 17.9 Å². The van der Waals surface area contributed by atoms with Crippen LogP contribution in [0.2, 0.25) is 0 Å². The number of hydrogen-bond acceptors (Lipinski definition) is 3. The molecule has 0 aliphatic heterocycles. The third-order valence-electron chi connectivity index (χ3n) is 2.61. The van der Waals surface area contributed by atoms with Crippen LogP contribution in [0.4, 0.5) is 0 Å². The molecule has 4 nitrogen and oxygen atoms in total. The lowest BCUT2D eigenvalue weighted by Crippen LogP contribution is -2.48. The number of aliphatic hydroxyl groups excluding tert-OH is 1. The Bertz CT molecular complexity index is 283. The van der Waals surface area contributed by atoms with Gasteiger partial charge in [-0.2, -0.15) is 4.31 Å². The van der Waals surface area contributed by atoms with Crippen molar-refractivity contribution in [3.05, 3.63) is 0 Å². The topological polar surface area (TPSA) is 57.6 Å². The molecule has 0 aromatic rings. The number of hydrogen-bond donors (Lipinski definition) is 1. The minimum atomic E-state index is -3.25. The Morgan fingerprint density at radius 1 is 1.33 bits per heavy atom. The maximum Gasteiger partial charge on any atom is 0.214 e. The number of likely N-dealkylation sites (N-methyl/N-ethyl adjacent to an activating group) is 1. The molecule has 0 atom stereocenters. The SMILES string of the molecule is CC(C)CCS(=O)(=O)N(C)C(C)(C)CO. The predicted molar refractivity (Wildman–Crippen MR) is 62.2 cm³/mol. The van der Waals surface area contributed by atoms with Crippen molar-refractivity contribution in [2.75, 3.05) is 19.4 Å². The first kappa shape index (κ1) is 14.9. The molecule has 0 bridgehead atoms. The average Bonchev–Trinajstić information content (AvgIpc) is 2.13. The fourth-order valence-electron chi connectivity index (χ4n) is 0.998. The Morgan fingerprint density at radius 2 is 1.80 bits per heavy atom. The van der Waals surface area contributed by atoms with E-state index in [1.54, 1.807) is 13.8 Å². The largest absolute Gasteiger partial charge is 0.394 e. The van der Waals surface area contributed by atoms with E-state index in [9.17, 15) is 8.42 Å². The number of nitrogens with zero attached hydrogens (tertiary/aromatic N) is 1. The van der Waals surface area contributed by atoms with Crippen molar-refractivity contribution in [2.24, 2.45) is 5.92 Å². The van der Waals surface area contributed by atoms with E-state index in [0.29, 0.717) is 12.3 Å². The van der Waals surface area contributed by atoms with Crippen LogP contribution < -0.4 is 0 Å². The molecule has 0 spiro atoms. The van der Waals surface area contributed by atoms with Crippen LogP contribution in [0.5, 0.6) is 0 Å². The Hall–Kier alpha value is -0.130. The molecular formula is C10H23NO3S. The second-order valence-corrected chi connectivity index (χ2v) is 7.06. The maximum atomic E-state index is 11.9. The zero-order chi connectivity index (χ0) is 12.3. The van der Waals surface area contributed by atoms with Gasteiger partial charge >= 0.3 is 0 Å². The summed E-state index contributed by atoms with van der Waals surface area (Å²) >= 11 is 0. The first-order chi connectivity index (χ1) is 6.63. The molecule has 0 aromatic heterocycles. The second-order valence-electron chi connectivity index (χ2n) is 4.94. The normalized spacial score (nSPS) is 13.9. The molecular weight excluding hydrogens is 214 g/mol. The smallest absolute Gasteiger partial charge is 0.214 e. The molecule has 0 aliphatic rings. The van der Waals surface area contributed by atoms with Crippen molar-refractivity contribution in [3.8, 4) is 0 Å². The van der Waals surface area contributed by atoms with Gasteiger partial charge < -0.3 is 5.11 Å². The van der Waals surface area contributed by atoms with Crippen molar-refractivity contribution in [2.45, 2.75) is 39.7 Å². The fraction of sp³-hybridized carbons (Fsp3) is 1.00. The zero-order valence-corrected chi connectivity index (χ0v) is 11.1. The van der Waals surface area contributed by atoms with Crippen molar-refractivity contribution >= 4 is 10.0 Å². The van der Waals surface area contributed by atoms with E-state index in [1.807, 2.05) is 13.8 Å². The Morgan fingerprint density at radius 3 is 2.13 bits per heavy atom. The van der Waals surface area contributed by atoms with Crippen LogP contribution in [0.1, 0.15) is 34.1 Å². The summed E-state index contributed by atoms with van der Waals surface area (Å²) in [7, 11) is -1.73. The summed E-state index contributed by atoms with van der Waals surface area (Å²) in [5, 5.41) is 9.10. The van der Waals surface area contributed by atoms with Gasteiger partial charge in [0.2, 0.25) is 10.0 Å². The fourth-order valence-corrected chi connectivity index (χ4v) is 2.85. The lowest BCUT2D eigenvalue weighted by atomic mass is 10.1. The standard InChI is InChI=1S/C10H23NO3S/c1-9(2)6-7-15(13,14)11(5)10(3,4)8-12/h9,12H,6-8H2,1-5H3. The van der Waals surface area contributed by atoms with E-state index < -0.39 is 15.6 Å². The lowest BCUT2D eigenvalue weighted by molar-refractivity contribution is 0.138. The molecule has 5 heteroatoms. The summed E-state index contributed by atoms with van der Waals surface area (Å²) in [4.78, 5) is 0. The van der Waals surface area contributed by atoms with Crippen molar-refractivity contribution in [1.29, 1.82) is 0 Å². The predicted octanol–water partition coefficient (Wildman–Crippen LogP) is 1.06. The molecule has 0 rings (SSSR count). The summed E-state index contributed by atoms with van der Waals surface area (Å²) in [6.07, 6.45) is 0.647. The monoisotopic (exact) mass is 237 g/mol. The zero-order valence-electron chi connectivity index (χ0n) is 10.3. The van der Waals surface area contributed by atoms with Crippen LogP contribution in [-0.2, 0) is 10.0 Å². The van der Waals surface area contributed by atoms with E-state index in [-0.39, 0.29) is 12.4 Å². The highest BCUT2D eigenvalue weighted by molar-refractivity contribution is 7.89. The summed E-state index contributed by atoms with van der Waals surface area (Å²) < 4.78 is 25.0. The summed E-state index contributed by atoms with van der Waals surface area (Å²) in [5.41, 5.74) is -0.726. The van der Waals surface area contributed by atoms with Crippen LogP contribution in [0.25, 0.3) is 0 Å². The van der Waals surface area contributed by atoms with Crippen LogP contribution in [0.3, 0.4) is 0 Å². The van der Waals surface area contributed by atoms with Gasteiger partial charge in [-0.15, -0.1) is 0 Å². The molecule has 15 heavy (non-hydrogen) atoms. The van der Waals surface area contributed by atoms with Gasteiger partial charge in [0.1, 0.15) is 0 Å². The molecule has 0 heterocycles. The van der Waals surface area contributed by atoms with Gasteiger partial charge in [-0.05, 0) is 26.2 Å². The van der Waals surface area contributed by atoms with E-state index >= 15 is 0 Å². The van der Waals surface area contributed by atoms with Gasteiger partial charge in [0.15, 0.2) is 0 Å². The second kappa shape index (κ2) is 5.27. The molecule has 0 radical (unpaired) electrons. The molecule has 0 unspecified atom stereocenters. The first-order valence-corrected chi connectivity index (χ1v) is 6.82. The van der Waals surface area contributed by atoms with Gasteiger partial charge in [-0.25, -0.2) is 8.42 Å². The van der Waals surface area contributed by atoms with Crippen molar-refractivity contribution < 1.29 is 13.5 Å². The summed E-state index contributed by atoms with van der Waals surface area (Å²) in [6, 6.07) is 0. The Kier molecular flexibility index (Phi) is 5.23. The van der Waals surface area contributed by atoms with E-state index in [1.165, 1.54) is 11.4 Å². The highest BCUT2D eigenvalue weighted by Gasteiger charge is 2.31. The van der Waals surface area contributed by atoms with E-state index in [0.717, 1.165) is 0 Å². The third-order valence-corrected chi connectivity index (χ3v) is 4.69. The Labute approximate surface area is 93.3 Å². The van der Waals surface area contributed by atoms with Crippen molar-refractivity contribution in [1.82, 2.24) is 4.31 Å². The first-order valence-electron chi connectivity index (χ1n) is 5.21. The molecule has 92 valence electrons. The number of sulfonamides is 1. The summed E-state index contributed by atoms with van der Waals surface area (Å²) in [5.74, 6) is 0.510. The van der Waals surface area contributed by atoms with E-state index in [4.69, 9.17) is 5.11 Å². The minimum absolute atomic E-state index is 0.143. The van der Waals surface area contributed by atoms with Crippen LogP contribution in [0.15, 0.2) is 0 Å². The maximum absolute atomic E-state index is 11.9. The molecule has 0 amide bonds. The quantitative estimate of drug-likeness (QED) is 0.751. The molecule has 1 N–H and O–H groups in total. The highest BCUT2D eigenvalue weighted by atomic mass is 32.2. The molecule has 0 aromatic carbocycles. The Balaban J connectivity index is 4.60. The van der Waals surface area contributed by atoms with E-state index in [2.05, 4.69) is 0 Å². The summed E-state index contributed by atoms with van der Waals surface area (Å²) in [6.45, 7) is 7.23. The molecule has 0 fully saturated rings. The lowest BCUT2D eigenvalue weighted by Gasteiger charge is -2.32. The number of aliphatic hydroxyl groups is 1. The van der Waals surface area contributed by atoms with Crippen molar-refractivity contribution in [3.63, 3.8) is 0 Å². The molecule has 0 saturated heterocycles. The van der Waals surface area contributed by atoms with Gasteiger partial charge in [-0.3, -0.25) is 0 Å². The van der Waals surface area contributed by atoms with Crippen LogP contribution in [-0.4, -0.2) is 42.8 Å². The van der Waals surface area contributed by atoms with Crippen LogP contribution >= 0.6 is 0 Å². The average molecular weight is 237 g/mol. The molecule has 0 saturated carbocycles. The third kappa shape index (κ3) is 4.49. The van der Waals surface area contributed by atoms with Crippen LogP contribution in [0, 0.1) is 5.92 Å². The highest BCUT2D eigenvalue weighted by Crippen LogP contribution is 2.17. The molecule has 0 aliphatic carbocycles. The van der Waals surface area contributed by atoms with Gasteiger partial charge in [-0.1, -0.05) is 13.8 Å². The van der Waals surface area contributed by atoms with Gasteiger partial charge in [0, 0.05) is 7.05 Å². The van der Waals surface area contributed by atoms with Gasteiger partial charge in [0.25, 0.3) is 0 Å². The number of rotatable bonds is 6. The minimum Gasteiger partial charge on any atom is -0.394 e.